The number of carboxylic acid groups (broad SMARTS) is 1. The van der Waals surface area contributed by atoms with Gasteiger partial charge in [-0.2, -0.15) is 4.48 Å². The molecular weight excluding hydrogens is 522 g/mol. The van der Waals surface area contributed by atoms with Gasteiger partial charge in [0, 0.05) is 25.7 Å². The molecule has 1 atom stereocenters. The summed E-state index contributed by atoms with van der Waals surface area (Å²) >= 11 is 0. The first-order valence-corrected chi connectivity index (χ1v) is 14.2. The van der Waals surface area contributed by atoms with Crippen molar-refractivity contribution >= 4 is 29.7 Å². The van der Waals surface area contributed by atoms with Crippen molar-refractivity contribution < 1.29 is 29.0 Å². The van der Waals surface area contributed by atoms with Gasteiger partial charge in [-0.3, -0.25) is 0 Å². The molecule has 0 radical (unpaired) electrons. The third-order valence-electron chi connectivity index (χ3n) is 6.80. The third-order valence-corrected chi connectivity index (χ3v) is 6.80. The molecule has 3 rings (SSSR count). The first-order valence-electron chi connectivity index (χ1n) is 14.2. The second-order valence-electron chi connectivity index (χ2n) is 11.2. The molecule has 220 valence electrons. The quantitative estimate of drug-likeness (QED) is 0.131. The highest BCUT2D eigenvalue weighted by Gasteiger charge is 2.41. The molecule has 0 fully saturated rings. The number of aryl methyl sites for hydroxylation is 1. The van der Waals surface area contributed by atoms with E-state index in [2.05, 4.69) is 11.9 Å². The van der Waals surface area contributed by atoms with Crippen LogP contribution in [0.25, 0.3) is 0 Å². The largest absolute Gasteiger partial charge is 0.497 e. The van der Waals surface area contributed by atoms with Crippen molar-refractivity contribution in [3.63, 3.8) is 0 Å². The fraction of sp³-hybridized carbons (Fsp3) is 0.438. The Bertz CT molecular complexity index is 1260. The molecule has 0 spiro atoms. The summed E-state index contributed by atoms with van der Waals surface area (Å²) in [6.45, 7) is 7.71. The molecule has 2 aromatic carbocycles. The Morgan fingerprint density at radius 2 is 1.59 bits per heavy atom. The molecule has 0 saturated heterocycles. The van der Waals surface area contributed by atoms with Crippen LogP contribution >= 0.6 is 0 Å². The zero-order valence-corrected chi connectivity index (χ0v) is 24.7. The molecule has 2 aromatic rings. The standard InChI is InChI=1S/C32H41N3O6/c1-6-7-8-9-10-11-24-12-14-25(15-13-24)29(36)40-27-18-16-26(17-19-27)35(31(38)39)23-21-33-28(35)20-22-34(5)30(37)41-32(2,3)4/h12-19,21,23H,6-11,20,22H2,1-5H3. The maximum Gasteiger partial charge on any atom is 0.410 e. The number of hydrogen-bond donors (Lipinski definition) is 0. The molecule has 0 aliphatic carbocycles. The van der Waals surface area contributed by atoms with Crippen LogP contribution in [0.4, 0.5) is 15.3 Å². The van der Waals surface area contributed by atoms with Crippen molar-refractivity contribution in [2.75, 3.05) is 13.6 Å². The van der Waals surface area contributed by atoms with Gasteiger partial charge in [0.15, 0.2) is 0 Å². The summed E-state index contributed by atoms with van der Waals surface area (Å²) in [4.78, 5) is 43.1. The molecule has 9 heteroatoms. The van der Waals surface area contributed by atoms with Crippen LogP contribution in [0.3, 0.4) is 0 Å². The van der Waals surface area contributed by atoms with E-state index in [9.17, 15) is 19.5 Å². The minimum absolute atomic E-state index is 0.169. The van der Waals surface area contributed by atoms with Crippen molar-refractivity contribution in [1.82, 2.24) is 9.38 Å². The van der Waals surface area contributed by atoms with Crippen LogP contribution in [-0.2, 0) is 11.2 Å². The Balaban J connectivity index is 1.63. The Morgan fingerprint density at radius 3 is 2.20 bits per heavy atom. The normalized spacial score (nSPS) is 16.3. The average Bonchev–Trinajstić information content (AvgIpc) is 3.36. The summed E-state index contributed by atoms with van der Waals surface area (Å²) in [6, 6.07) is 13.6. The Labute approximate surface area is 242 Å². The van der Waals surface area contributed by atoms with E-state index in [1.165, 1.54) is 60.7 Å². The average molecular weight is 564 g/mol. The monoisotopic (exact) mass is 563 g/mol. The zero-order valence-electron chi connectivity index (χ0n) is 24.7. The van der Waals surface area contributed by atoms with Gasteiger partial charge in [-0.25, -0.2) is 14.6 Å². The van der Waals surface area contributed by atoms with Gasteiger partial charge in [0.05, 0.1) is 18.2 Å². The van der Waals surface area contributed by atoms with Crippen LogP contribution in [0.1, 0.15) is 82.1 Å². The van der Waals surface area contributed by atoms with E-state index < -0.39 is 28.2 Å². The number of unbranched alkanes of at least 4 members (excludes halogenated alkanes) is 4. The number of aliphatic imine (C=N–C) groups is 1. The Morgan fingerprint density at radius 1 is 0.927 bits per heavy atom. The zero-order chi connectivity index (χ0) is 30.0. The number of hydrogen-bond acceptors (Lipinski definition) is 7. The Hall–Kier alpha value is -3.98. The van der Waals surface area contributed by atoms with E-state index >= 15 is 0 Å². The number of nitrogens with zero attached hydrogens (tertiary/aromatic N) is 3. The number of rotatable bonds is 12. The first-order chi connectivity index (χ1) is 19.5. The predicted molar refractivity (Wildman–Crippen MR) is 158 cm³/mol. The first kappa shape index (κ1) is 31.5. The lowest BCUT2D eigenvalue weighted by Gasteiger charge is -2.32. The van der Waals surface area contributed by atoms with Gasteiger partial charge in [-0.05, 0) is 63.4 Å². The van der Waals surface area contributed by atoms with Crippen molar-refractivity contribution in [3.05, 3.63) is 72.1 Å². The SMILES string of the molecule is CCCCCCCc1ccc(C(=O)Oc2ccc([N+]3(C(=O)[O-])C=CN=C3CCN(C)C(=O)OC(C)(C)C)cc2)cc1. The lowest BCUT2D eigenvalue weighted by Crippen LogP contribution is -2.59. The maximum atomic E-state index is 12.7. The second-order valence-corrected chi connectivity index (χ2v) is 11.2. The predicted octanol–water partition coefficient (Wildman–Crippen LogP) is 6.21. The van der Waals surface area contributed by atoms with Gasteiger partial charge in [0.2, 0.25) is 5.84 Å². The lowest BCUT2D eigenvalue weighted by molar-refractivity contribution is -0.257. The molecule has 41 heavy (non-hydrogen) atoms. The summed E-state index contributed by atoms with van der Waals surface area (Å²) in [7, 11) is 1.58. The van der Waals surface area contributed by atoms with E-state index in [0.29, 0.717) is 11.3 Å². The summed E-state index contributed by atoms with van der Waals surface area (Å²) in [5.74, 6) is 0.0572. The highest BCUT2D eigenvalue weighted by molar-refractivity contribution is 6.10. The molecule has 0 N–H and O–H groups in total. The smallest absolute Gasteiger partial charge is 0.410 e. The summed E-state index contributed by atoms with van der Waals surface area (Å²) in [5.41, 5.74) is 1.32. The minimum Gasteiger partial charge on any atom is -0.497 e. The molecule has 2 amide bonds. The molecule has 1 aliphatic heterocycles. The van der Waals surface area contributed by atoms with Gasteiger partial charge >= 0.3 is 12.1 Å². The van der Waals surface area contributed by atoms with Crippen LogP contribution in [0.15, 0.2) is 65.9 Å². The van der Waals surface area contributed by atoms with E-state index in [1.54, 1.807) is 52.1 Å². The highest BCUT2D eigenvalue weighted by atomic mass is 16.6. The number of ether oxygens (including phenoxy) is 2. The summed E-state index contributed by atoms with van der Waals surface area (Å²) in [6.07, 6.45) is 8.12. The van der Waals surface area contributed by atoms with Gasteiger partial charge in [0.1, 0.15) is 23.2 Å². The maximum absolute atomic E-state index is 12.7. The number of esters is 1. The number of carbonyl (C=O) groups is 3. The molecule has 0 saturated carbocycles. The number of benzene rings is 2. The van der Waals surface area contributed by atoms with Crippen molar-refractivity contribution in [2.24, 2.45) is 4.99 Å². The van der Waals surface area contributed by atoms with Crippen LogP contribution in [0.5, 0.6) is 5.75 Å². The third kappa shape index (κ3) is 8.50. The van der Waals surface area contributed by atoms with Crippen molar-refractivity contribution in [2.45, 2.75) is 78.2 Å². The van der Waals surface area contributed by atoms with E-state index in [4.69, 9.17) is 9.47 Å². The molecule has 1 heterocycles. The van der Waals surface area contributed by atoms with E-state index in [0.717, 1.165) is 12.8 Å². The highest BCUT2D eigenvalue weighted by Crippen LogP contribution is 2.31. The van der Waals surface area contributed by atoms with Gasteiger partial charge in [-0.15, -0.1) is 0 Å². The Kier molecular flexibility index (Phi) is 10.8. The van der Waals surface area contributed by atoms with E-state index in [1.807, 2.05) is 12.1 Å². The summed E-state index contributed by atoms with van der Waals surface area (Å²) in [5, 5.41) is 12.4. The number of amides is 2. The minimum atomic E-state index is -1.40. The van der Waals surface area contributed by atoms with Crippen LogP contribution in [-0.4, -0.2) is 48.1 Å². The molecular formula is C32H41N3O6. The number of amidine groups is 1. The molecule has 1 aliphatic rings. The topological polar surface area (TPSA) is 108 Å². The van der Waals surface area contributed by atoms with E-state index in [-0.39, 0.29) is 24.6 Å². The van der Waals surface area contributed by atoms with Crippen molar-refractivity contribution in [3.8, 4) is 5.75 Å². The van der Waals surface area contributed by atoms with Crippen LogP contribution in [0, 0.1) is 0 Å². The number of quaternary nitrogens is 1. The number of carbonyl (C=O) groups excluding carboxylic acids is 3. The fourth-order valence-corrected chi connectivity index (χ4v) is 4.50. The molecule has 0 bridgehead atoms. The van der Waals surface area contributed by atoms with Crippen LogP contribution < -0.4 is 14.3 Å². The molecule has 9 nitrogen and oxygen atoms in total. The molecule has 0 aromatic heterocycles. The van der Waals surface area contributed by atoms with Gasteiger partial charge in [-0.1, -0.05) is 44.7 Å². The van der Waals surface area contributed by atoms with Crippen molar-refractivity contribution in [1.29, 1.82) is 0 Å². The van der Waals surface area contributed by atoms with Crippen LogP contribution in [0.2, 0.25) is 0 Å². The summed E-state index contributed by atoms with van der Waals surface area (Å²) < 4.78 is 10.1. The fourth-order valence-electron chi connectivity index (χ4n) is 4.50. The second kappa shape index (κ2) is 14.1. The van der Waals surface area contributed by atoms with Gasteiger partial charge in [0.25, 0.3) is 6.09 Å². The van der Waals surface area contributed by atoms with Gasteiger partial charge < -0.3 is 24.3 Å². The molecule has 1 unspecified atom stereocenters. The lowest BCUT2D eigenvalue weighted by atomic mass is 10.0.